The molecular weight excluding hydrogens is 240 g/mol. The lowest BCUT2D eigenvalue weighted by Crippen LogP contribution is -2.20. The number of aliphatic hydroxyl groups is 1. The number of hydrogen-bond donors (Lipinski definition) is 1. The smallest absolute Gasteiger partial charge is 0.0761 e. The van der Waals surface area contributed by atoms with Crippen molar-refractivity contribution in [2.24, 2.45) is 5.92 Å². The van der Waals surface area contributed by atoms with Crippen LogP contribution in [0.15, 0.2) is 29.2 Å². The van der Waals surface area contributed by atoms with Crippen molar-refractivity contribution in [3.8, 4) is 0 Å². The molecule has 0 aliphatic heterocycles. The molecule has 3 atom stereocenters. The molecule has 0 aromatic heterocycles. The average Bonchev–Trinajstić information content (AvgIpc) is 2.40. The van der Waals surface area contributed by atoms with Gasteiger partial charge >= 0.3 is 0 Å². The highest BCUT2D eigenvalue weighted by atomic mass is 32.2. The maximum Gasteiger partial charge on any atom is 0.0761 e. The predicted molar refractivity (Wildman–Crippen MR) is 79.0 cm³/mol. The highest BCUT2D eigenvalue weighted by Gasteiger charge is 2.24. The molecule has 1 saturated carbocycles. The van der Waals surface area contributed by atoms with Gasteiger partial charge in [0, 0.05) is 10.1 Å². The van der Waals surface area contributed by atoms with Gasteiger partial charge in [-0.2, -0.15) is 0 Å². The molecule has 2 rings (SSSR count). The lowest BCUT2D eigenvalue weighted by molar-refractivity contribution is 0.199. The van der Waals surface area contributed by atoms with Gasteiger partial charge in [-0.15, -0.1) is 11.8 Å². The molecule has 100 valence electrons. The topological polar surface area (TPSA) is 20.2 Å². The lowest BCUT2D eigenvalue weighted by atomic mass is 9.87. The molecule has 1 fully saturated rings. The van der Waals surface area contributed by atoms with Crippen LogP contribution in [-0.4, -0.2) is 10.4 Å². The molecule has 0 bridgehead atoms. The van der Waals surface area contributed by atoms with Crippen molar-refractivity contribution >= 4 is 11.8 Å². The van der Waals surface area contributed by atoms with E-state index >= 15 is 0 Å². The molecule has 1 aromatic rings. The third-order valence-electron chi connectivity index (χ3n) is 4.01. The first-order chi connectivity index (χ1) is 8.70. The van der Waals surface area contributed by atoms with E-state index in [1.807, 2.05) is 18.7 Å². The van der Waals surface area contributed by atoms with Crippen LogP contribution in [0.5, 0.6) is 0 Å². The Hall–Kier alpha value is -0.470. The first kappa shape index (κ1) is 14.0. The molecule has 2 heteroatoms. The molecule has 1 aliphatic rings. The molecule has 1 aliphatic carbocycles. The van der Waals surface area contributed by atoms with Gasteiger partial charge in [-0.05, 0) is 43.4 Å². The van der Waals surface area contributed by atoms with E-state index in [9.17, 15) is 5.11 Å². The summed E-state index contributed by atoms with van der Waals surface area (Å²) in [6.45, 7) is 4.14. The van der Waals surface area contributed by atoms with Crippen molar-refractivity contribution in [2.45, 2.75) is 62.2 Å². The van der Waals surface area contributed by atoms with Gasteiger partial charge in [0.05, 0.1) is 6.10 Å². The van der Waals surface area contributed by atoms with Crippen molar-refractivity contribution in [1.82, 2.24) is 0 Å². The summed E-state index contributed by atoms with van der Waals surface area (Å²) in [4.78, 5) is 1.35. The fraction of sp³-hybridized carbons (Fsp3) is 0.625. The van der Waals surface area contributed by atoms with Crippen LogP contribution in [0, 0.1) is 5.92 Å². The van der Waals surface area contributed by atoms with Crippen LogP contribution in [0.2, 0.25) is 0 Å². The van der Waals surface area contributed by atoms with E-state index in [1.54, 1.807) is 0 Å². The second-order valence-electron chi connectivity index (χ2n) is 5.35. The predicted octanol–water partition coefficient (Wildman–Crippen LogP) is 4.80. The van der Waals surface area contributed by atoms with Crippen LogP contribution in [-0.2, 0) is 0 Å². The Balaban J connectivity index is 1.99. The quantitative estimate of drug-likeness (QED) is 0.843. The highest BCUT2D eigenvalue weighted by Crippen LogP contribution is 2.39. The minimum Gasteiger partial charge on any atom is -0.389 e. The van der Waals surface area contributed by atoms with Crippen LogP contribution in [0.1, 0.15) is 57.6 Å². The average molecular weight is 264 g/mol. The fourth-order valence-electron chi connectivity index (χ4n) is 2.80. The number of thioether (sulfide) groups is 1. The molecule has 1 nitrogen and oxygen atoms in total. The second kappa shape index (κ2) is 6.63. The Morgan fingerprint density at radius 2 is 1.89 bits per heavy atom. The summed E-state index contributed by atoms with van der Waals surface area (Å²) >= 11 is 2.04. The maximum absolute atomic E-state index is 9.51. The van der Waals surface area contributed by atoms with Crippen LogP contribution in [0.25, 0.3) is 0 Å². The summed E-state index contributed by atoms with van der Waals surface area (Å²) in [6, 6.07) is 8.43. The lowest BCUT2D eigenvalue weighted by Gasteiger charge is -2.30. The molecule has 0 radical (unpaired) electrons. The molecule has 3 unspecified atom stereocenters. The molecule has 1 aromatic carbocycles. The van der Waals surface area contributed by atoms with Crippen LogP contribution >= 0.6 is 11.8 Å². The molecular formula is C16H24OS. The minimum atomic E-state index is -0.359. The monoisotopic (exact) mass is 264 g/mol. The number of rotatable bonds is 4. The van der Waals surface area contributed by atoms with Gasteiger partial charge < -0.3 is 5.11 Å². The van der Waals surface area contributed by atoms with Crippen molar-refractivity contribution < 1.29 is 5.11 Å². The van der Waals surface area contributed by atoms with Gasteiger partial charge in [0.1, 0.15) is 0 Å². The second-order valence-corrected chi connectivity index (χ2v) is 6.67. The zero-order valence-corrected chi connectivity index (χ0v) is 12.2. The van der Waals surface area contributed by atoms with E-state index in [0.717, 1.165) is 16.7 Å². The van der Waals surface area contributed by atoms with Gasteiger partial charge in [0.25, 0.3) is 0 Å². The van der Waals surface area contributed by atoms with Crippen molar-refractivity contribution in [3.63, 3.8) is 0 Å². The zero-order valence-electron chi connectivity index (χ0n) is 11.4. The Bertz CT molecular complexity index is 358. The van der Waals surface area contributed by atoms with E-state index in [4.69, 9.17) is 0 Å². The van der Waals surface area contributed by atoms with E-state index in [-0.39, 0.29) is 6.10 Å². The summed E-state index contributed by atoms with van der Waals surface area (Å²) in [5, 5.41) is 10.3. The highest BCUT2D eigenvalue weighted by molar-refractivity contribution is 8.00. The van der Waals surface area contributed by atoms with Crippen molar-refractivity contribution in [1.29, 1.82) is 0 Å². The first-order valence-corrected chi connectivity index (χ1v) is 8.03. The number of aliphatic hydroxyl groups excluding tert-OH is 1. The van der Waals surface area contributed by atoms with Crippen LogP contribution < -0.4 is 0 Å². The standard InChI is InChI=1S/C16H24OS/c1-3-13-6-4-5-7-16(13)18-15-10-8-14(9-11-15)12(2)17/h8-13,16-17H,3-7H2,1-2H3. The van der Waals surface area contributed by atoms with E-state index in [0.29, 0.717) is 0 Å². The Labute approximate surface area is 115 Å². The normalized spacial score (nSPS) is 25.9. The molecule has 0 amide bonds. The van der Waals surface area contributed by atoms with E-state index in [2.05, 4.69) is 31.2 Å². The summed E-state index contributed by atoms with van der Waals surface area (Å²) < 4.78 is 0. The van der Waals surface area contributed by atoms with Gasteiger partial charge in [-0.25, -0.2) is 0 Å². The van der Waals surface area contributed by atoms with E-state index in [1.165, 1.54) is 37.0 Å². The van der Waals surface area contributed by atoms with Gasteiger partial charge in [0.2, 0.25) is 0 Å². The van der Waals surface area contributed by atoms with Crippen LogP contribution in [0.4, 0.5) is 0 Å². The van der Waals surface area contributed by atoms with Crippen molar-refractivity contribution in [3.05, 3.63) is 29.8 Å². The number of hydrogen-bond acceptors (Lipinski definition) is 2. The molecule has 0 heterocycles. The molecule has 18 heavy (non-hydrogen) atoms. The molecule has 1 N–H and O–H groups in total. The van der Waals surface area contributed by atoms with Gasteiger partial charge in [-0.3, -0.25) is 0 Å². The zero-order chi connectivity index (χ0) is 13.0. The van der Waals surface area contributed by atoms with Crippen molar-refractivity contribution in [2.75, 3.05) is 0 Å². The minimum absolute atomic E-state index is 0.359. The van der Waals surface area contributed by atoms with E-state index < -0.39 is 0 Å². The third kappa shape index (κ3) is 3.52. The van der Waals surface area contributed by atoms with Gasteiger partial charge in [-0.1, -0.05) is 38.3 Å². The molecule has 0 saturated heterocycles. The summed E-state index contributed by atoms with van der Waals surface area (Å²) in [6.07, 6.45) is 6.52. The first-order valence-electron chi connectivity index (χ1n) is 7.15. The summed E-state index contributed by atoms with van der Waals surface area (Å²) in [5.74, 6) is 0.889. The summed E-state index contributed by atoms with van der Waals surface area (Å²) in [7, 11) is 0. The SMILES string of the molecule is CCC1CCCCC1Sc1ccc(C(C)O)cc1. The summed E-state index contributed by atoms with van der Waals surface area (Å²) in [5.41, 5.74) is 1.01. The Morgan fingerprint density at radius 1 is 1.22 bits per heavy atom. The third-order valence-corrected chi connectivity index (χ3v) is 5.48. The maximum atomic E-state index is 9.51. The largest absolute Gasteiger partial charge is 0.389 e. The van der Waals surface area contributed by atoms with Gasteiger partial charge in [0.15, 0.2) is 0 Å². The Kier molecular flexibility index (Phi) is 5.13. The fourth-order valence-corrected chi connectivity index (χ4v) is 4.24. The molecule has 0 spiro atoms. The number of benzene rings is 1. The Morgan fingerprint density at radius 3 is 2.50 bits per heavy atom. The van der Waals surface area contributed by atoms with Crippen LogP contribution in [0.3, 0.4) is 0 Å².